The van der Waals surface area contributed by atoms with Gasteiger partial charge in [0.15, 0.2) is 5.82 Å². The van der Waals surface area contributed by atoms with Crippen molar-refractivity contribution in [2.45, 2.75) is 13.3 Å². The fourth-order valence-electron chi connectivity index (χ4n) is 3.11. The van der Waals surface area contributed by atoms with Crippen molar-refractivity contribution in [3.63, 3.8) is 0 Å². The zero-order valence-electron chi connectivity index (χ0n) is 14.9. The van der Waals surface area contributed by atoms with E-state index in [0.717, 1.165) is 49.8 Å². The normalized spacial score (nSPS) is 15.7. The SMILES string of the molecule is COCCCNC(=O)CN1CCN(c2nccn3c(C)ncc23)CC1. The maximum atomic E-state index is 12.0. The van der Waals surface area contributed by atoms with E-state index in [0.29, 0.717) is 19.7 Å². The van der Waals surface area contributed by atoms with Crippen LogP contribution < -0.4 is 10.2 Å². The van der Waals surface area contributed by atoms with Crippen molar-refractivity contribution in [3.8, 4) is 0 Å². The molecule has 0 spiro atoms. The van der Waals surface area contributed by atoms with Gasteiger partial charge in [-0.3, -0.25) is 14.1 Å². The minimum Gasteiger partial charge on any atom is -0.385 e. The Morgan fingerprint density at radius 1 is 1.28 bits per heavy atom. The number of nitrogens with one attached hydrogen (secondary N) is 1. The molecule has 0 unspecified atom stereocenters. The van der Waals surface area contributed by atoms with Gasteiger partial charge in [0.1, 0.15) is 11.3 Å². The summed E-state index contributed by atoms with van der Waals surface area (Å²) in [5, 5.41) is 2.94. The second kappa shape index (κ2) is 8.26. The molecule has 1 aliphatic rings. The van der Waals surface area contributed by atoms with E-state index in [1.807, 2.05) is 25.5 Å². The molecule has 25 heavy (non-hydrogen) atoms. The summed E-state index contributed by atoms with van der Waals surface area (Å²) in [5.74, 6) is 2.00. The molecule has 3 rings (SSSR count). The molecule has 1 fully saturated rings. The van der Waals surface area contributed by atoms with Crippen molar-refractivity contribution in [2.75, 3.05) is 57.9 Å². The zero-order valence-corrected chi connectivity index (χ0v) is 14.9. The van der Waals surface area contributed by atoms with Gasteiger partial charge in [0.25, 0.3) is 0 Å². The highest BCUT2D eigenvalue weighted by Gasteiger charge is 2.21. The fraction of sp³-hybridized carbons (Fsp3) is 0.588. The summed E-state index contributed by atoms with van der Waals surface area (Å²) in [6.07, 6.45) is 6.47. The van der Waals surface area contributed by atoms with Gasteiger partial charge in [-0.1, -0.05) is 0 Å². The number of ether oxygens (including phenoxy) is 1. The number of fused-ring (bicyclic) bond motifs is 1. The summed E-state index contributed by atoms with van der Waals surface area (Å²) in [7, 11) is 1.67. The number of methoxy groups -OCH3 is 1. The highest BCUT2D eigenvalue weighted by molar-refractivity contribution is 5.78. The van der Waals surface area contributed by atoms with E-state index < -0.39 is 0 Å². The van der Waals surface area contributed by atoms with Crippen LogP contribution in [0.15, 0.2) is 18.6 Å². The average Bonchev–Trinajstić information content (AvgIpc) is 3.01. The zero-order chi connectivity index (χ0) is 17.6. The Morgan fingerprint density at radius 3 is 2.84 bits per heavy atom. The Hall–Kier alpha value is -2.19. The molecular weight excluding hydrogens is 320 g/mol. The molecule has 8 heteroatoms. The van der Waals surface area contributed by atoms with E-state index >= 15 is 0 Å². The molecule has 3 heterocycles. The molecule has 0 saturated carbocycles. The summed E-state index contributed by atoms with van der Waals surface area (Å²) in [4.78, 5) is 25.3. The van der Waals surface area contributed by atoms with E-state index in [-0.39, 0.29) is 5.91 Å². The number of aromatic nitrogens is 3. The third-order valence-corrected chi connectivity index (χ3v) is 4.51. The molecule has 1 aliphatic heterocycles. The molecular formula is C17H26N6O2. The highest BCUT2D eigenvalue weighted by Crippen LogP contribution is 2.20. The van der Waals surface area contributed by atoms with Crippen LogP contribution in [0.5, 0.6) is 0 Å². The predicted octanol–water partition coefficient (Wildman–Crippen LogP) is 0.312. The van der Waals surface area contributed by atoms with Gasteiger partial charge in [-0.05, 0) is 13.3 Å². The Labute approximate surface area is 147 Å². The number of piperazine rings is 1. The molecule has 0 aliphatic carbocycles. The fourth-order valence-corrected chi connectivity index (χ4v) is 3.11. The largest absolute Gasteiger partial charge is 0.385 e. The van der Waals surface area contributed by atoms with Crippen LogP contribution in [-0.4, -0.2) is 78.2 Å². The van der Waals surface area contributed by atoms with Crippen LogP contribution in [0.25, 0.3) is 5.52 Å². The monoisotopic (exact) mass is 346 g/mol. The molecule has 1 amide bonds. The number of carbonyl (C=O) groups is 1. The van der Waals surface area contributed by atoms with Gasteiger partial charge < -0.3 is 15.0 Å². The lowest BCUT2D eigenvalue weighted by Crippen LogP contribution is -2.49. The van der Waals surface area contributed by atoms with Gasteiger partial charge in [-0.25, -0.2) is 9.97 Å². The lowest BCUT2D eigenvalue weighted by molar-refractivity contribution is -0.122. The Morgan fingerprint density at radius 2 is 2.08 bits per heavy atom. The molecule has 2 aromatic heterocycles. The Bertz CT molecular complexity index is 708. The van der Waals surface area contributed by atoms with E-state index in [1.54, 1.807) is 7.11 Å². The number of aryl methyl sites for hydroxylation is 1. The second-order valence-electron chi connectivity index (χ2n) is 6.27. The number of amides is 1. The first-order chi connectivity index (χ1) is 12.2. The summed E-state index contributed by atoms with van der Waals surface area (Å²) in [6, 6.07) is 0. The predicted molar refractivity (Wildman–Crippen MR) is 95.9 cm³/mol. The first kappa shape index (κ1) is 17.6. The van der Waals surface area contributed by atoms with Crippen LogP contribution in [0, 0.1) is 6.92 Å². The minimum absolute atomic E-state index is 0.0798. The van der Waals surface area contributed by atoms with Crippen molar-refractivity contribution in [1.82, 2.24) is 24.6 Å². The van der Waals surface area contributed by atoms with Crippen molar-refractivity contribution in [2.24, 2.45) is 0 Å². The van der Waals surface area contributed by atoms with E-state index in [4.69, 9.17) is 4.74 Å². The molecule has 1 saturated heterocycles. The molecule has 136 valence electrons. The standard InChI is InChI=1S/C17H26N6O2/c1-14-20-12-15-17(19-5-6-23(14)15)22-9-7-21(8-10-22)13-16(24)18-4-3-11-25-2/h5-6,12H,3-4,7-11,13H2,1-2H3,(H,18,24). The topological polar surface area (TPSA) is 75.0 Å². The van der Waals surface area contributed by atoms with E-state index in [1.165, 1.54) is 0 Å². The van der Waals surface area contributed by atoms with Crippen molar-refractivity contribution in [3.05, 3.63) is 24.4 Å². The van der Waals surface area contributed by atoms with Crippen LogP contribution in [0.2, 0.25) is 0 Å². The van der Waals surface area contributed by atoms with Gasteiger partial charge in [-0.15, -0.1) is 0 Å². The van der Waals surface area contributed by atoms with Gasteiger partial charge in [-0.2, -0.15) is 0 Å². The molecule has 0 radical (unpaired) electrons. The van der Waals surface area contributed by atoms with Crippen LogP contribution in [0.4, 0.5) is 5.82 Å². The summed E-state index contributed by atoms with van der Waals surface area (Å²) in [5.41, 5.74) is 1.03. The summed E-state index contributed by atoms with van der Waals surface area (Å²) < 4.78 is 7.04. The van der Waals surface area contributed by atoms with Gasteiger partial charge in [0, 0.05) is 58.8 Å². The number of anilines is 1. The van der Waals surface area contributed by atoms with Gasteiger partial charge >= 0.3 is 0 Å². The van der Waals surface area contributed by atoms with Gasteiger partial charge in [0.05, 0.1) is 12.7 Å². The Kier molecular flexibility index (Phi) is 5.83. The molecule has 2 aromatic rings. The third kappa shape index (κ3) is 4.26. The lowest BCUT2D eigenvalue weighted by atomic mass is 10.3. The van der Waals surface area contributed by atoms with Crippen LogP contribution in [0.3, 0.4) is 0 Å². The molecule has 1 N–H and O–H groups in total. The summed E-state index contributed by atoms with van der Waals surface area (Å²) in [6.45, 7) is 7.18. The average molecular weight is 346 g/mol. The maximum absolute atomic E-state index is 12.0. The number of hydrogen-bond acceptors (Lipinski definition) is 6. The quantitative estimate of drug-likeness (QED) is 0.728. The molecule has 8 nitrogen and oxygen atoms in total. The highest BCUT2D eigenvalue weighted by atomic mass is 16.5. The first-order valence-electron chi connectivity index (χ1n) is 8.70. The van der Waals surface area contributed by atoms with E-state index in [9.17, 15) is 4.79 Å². The number of rotatable bonds is 7. The number of nitrogens with zero attached hydrogens (tertiary/aromatic N) is 5. The maximum Gasteiger partial charge on any atom is 0.234 e. The van der Waals surface area contributed by atoms with Crippen molar-refractivity contribution >= 4 is 17.2 Å². The second-order valence-corrected chi connectivity index (χ2v) is 6.27. The molecule has 0 aromatic carbocycles. The van der Waals surface area contributed by atoms with Crippen LogP contribution in [-0.2, 0) is 9.53 Å². The van der Waals surface area contributed by atoms with Crippen molar-refractivity contribution < 1.29 is 9.53 Å². The molecule has 0 atom stereocenters. The number of hydrogen-bond donors (Lipinski definition) is 1. The van der Waals surface area contributed by atoms with Crippen LogP contribution in [0.1, 0.15) is 12.2 Å². The third-order valence-electron chi connectivity index (χ3n) is 4.51. The first-order valence-corrected chi connectivity index (χ1v) is 8.70. The van der Waals surface area contributed by atoms with Gasteiger partial charge in [0.2, 0.25) is 5.91 Å². The van der Waals surface area contributed by atoms with Crippen molar-refractivity contribution in [1.29, 1.82) is 0 Å². The Balaban J connectivity index is 1.51. The smallest absolute Gasteiger partial charge is 0.234 e. The minimum atomic E-state index is 0.0798. The summed E-state index contributed by atoms with van der Waals surface area (Å²) >= 11 is 0. The number of imidazole rings is 1. The lowest BCUT2D eigenvalue weighted by Gasteiger charge is -2.35. The van der Waals surface area contributed by atoms with Crippen LogP contribution >= 0.6 is 0 Å². The number of carbonyl (C=O) groups excluding carboxylic acids is 1. The van der Waals surface area contributed by atoms with E-state index in [2.05, 4.69) is 29.5 Å². The molecule has 0 bridgehead atoms.